The number of aromatic nitrogens is 1. The lowest BCUT2D eigenvalue weighted by Crippen LogP contribution is -2.43. The summed E-state index contributed by atoms with van der Waals surface area (Å²) in [5.74, 6) is 1.05. The summed E-state index contributed by atoms with van der Waals surface area (Å²) in [5, 5.41) is 0. The van der Waals surface area contributed by atoms with Gasteiger partial charge in [-0.1, -0.05) is 75.4 Å². The van der Waals surface area contributed by atoms with Crippen LogP contribution in [0, 0.1) is 5.92 Å². The van der Waals surface area contributed by atoms with Gasteiger partial charge in [-0.2, -0.15) is 0 Å². The van der Waals surface area contributed by atoms with Crippen LogP contribution in [-0.4, -0.2) is 46.4 Å². The molecule has 0 unspecified atom stereocenters. The van der Waals surface area contributed by atoms with Gasteiger partial charge in [0.05, 0.1) is 13.7 Å². The van der Waals surface area contributed by atoms with E-state index in [1.807, 2.05) is 90.0 Å². The minimum absolute atomic E-state index is 0.0323. The molecule has 0 aliphatic carbocycles. The first kappa shape index (κ1) is 30.6. The van der Waals surface area contributed by atoms with Crippen molar-refractivity contribution in [2.75, 3.05) is 20.2 Å². The van der Waals surface area contributed by atoms with Crippen LogP contribution in [0.4, 0.5) is 0 Å². The molecule has 0 spiro atoms. The third-order valence-electron chi connectivity index (χ3n) is 7.53. The Hall–Kier alpha value is -4.32. The number of nitrogens with zero attached hydrogens (tertiary/aromatic N) is 3. The molecule has 0 aliphatic heterocycles. The van der Waals surface area contributed by atoms with Crippen molar-refractivity contribution < 1.29 is 14.3 Å². The topological polar surface area (TPSA) is 54.8 Å². The second kappa shape index (κ2) is 15.1. The van der Waals surface area contributed by atoms with Gasteiger partial charge in [0.15, 0.2) is 0 Å². The van der Waals surface area contributed by atoms with Crippen molar-refractivity contribution in [2.24, 2.45) is 5.92 Å². The van der Waals surface area contributed by atoms with Gasteiger partial charge in [0, 0.05) is 37.1 Å². The van der Waals surface area contributed by atoms with Crippen molar-refractivity contribution in [1.29, 1.82) is 0 Å². The Morgan fingerprint density at radius 3 is 2.24 bits per heavy atom. The van der Waals surface area contributed by atoms with Crippen LogP contribution < -0.4 is 4.74 Å². The van der Waals surface area contributed by atoms with Gasteiger partial charge >= 0.3 is 0 Å². The predicted molar refractivity (Wildman–Crippen MR) is 168 cm³/mol. The molecule has 0 atom stereocenters. The first-order valence-corrected chi connectivity index (χ1v) is 14.8. The molecule has 0 N–H and O–H groups in total. The number of rotatable bonds is 14. The van der Waals surface area contributed by atoms with Crippen molar-refractivity contribution in [3.63, 3.8) is 0 Å². The monoisotopic (exact) mass is 565 g/mol. The largest absolute Gasteiger partial charge is 0.497 e. The van der Waals surface area contributed by atoms with Gasteiger partial charge in [0.1, 0.15) is 12.3 Å². The number of carbonyl (C=O) groups excluding carboxylic acids is 2. The van der Waals surface area contributed by atoms with Crippen molar-refractivity contribution in [1.82, 2.24) is 14.4 Å². The van der Waals surface area contributed by atoms with Crippen LogP contribution in [0.15, 0.2) is 97.2 Å². The fourth-order valence-electron chi connectivity index (χ4n) is 4.94. The molecule has 4 rings (SSSR count). The zero-order valence-corrected chi connectivity index (χ0v) is 25.3. The van der Waals surface area contributed by atoms with E-state index >= 15 is 0 Å². The molecule has 0 aliphatic rings. The Balaban J connectivity index is 1.57. The van der Waals surface area contributed by atoms with E-state index < -0.39 is 0 Å². The lowest BCUT2D eigenvalue weighted by molar-refractivity contribution is -0.133. The zero-order valence-electron chi connectivity index (χ0n) is 25.3. The summed E-state index contributed by atoms with van der Waals surface area (Å²) in [6.07, 6.45) is 3.78. The molecule has 3 aromatic carbocycles. The fourth-order valence-corrected chi connectivity index (χ4v) is 4.94. The SMILES string of the molecule is CCc1ccc(C(=O)N(CCC(C)C)CC(=O)N(Cc2ccccc2)Cc2cccn2Cc2cccc(OC)c2)cc1. The van der Waals surface area contributed by atoms with Crippen LogP contribution in [0.1, 0.15) is 59.9 Å². The summed E-state index contributed by atoms with van der Waals surface area (Å²) in [5.41, 5.74) is 4.99. The van der Waals surface area contributed by atoms with Gasteiger partial charge < -0.3 is 19.1 Å². The lowest BCUT2D eigenvalue weighted by Gasteiger charge is -2.29. The third-order valence-corrected chi connectivity index (χ3v) is 7.53. The van der Waals surface area contributed by atoms with E-state index in [2.05, 4.69) is 37.5 Å². The first-order valence-electron chi connectivity index (χ1n) is 14.8. The van der Waals surface area contributed by atoms with E-state index in [9.17, 15) is 9.59 Å². The Kier molecular flexibility index (Phi) is 11.0. The molecule has 0 bridgehead atoms. The van der Waals surface area contributed by atoms with Gasteiger partial charge in [0.25, 0.3) is 5.91 Å². The summed E-state index contributed by atoms with van der Waals surface area (Å²) in [6.45, 7) is 8.49. The molecule has 0 saturated heterocycles. The Labute approximate surface area is 250 Å². The first-order chi connectivity index (χ1) is 20.4. The highest BCUT2D eigenvalue weighted by Gasteiger charge is 2.24. The molecule has 1 aromatic heterocycles. The van der Waals surface area contributed by atoms with Gasteiger partial charge in [-0.05, 0) is 71.8 Å². The molecule has 0 fully saturated rings. The standard InChI is InChI=1S/C36H43N3O3/c1-5-29-16-18-32(19-17-29)36(41)38(22-20-28(2)3)27-35(40)39(24-30-11-7-6-8-12-30)26-33-14-10-21-37(33)25-31-13-9-15-34(23-31)42-4/h6-19,21,23,28H,5,20,22,24-27H2,1-4H3. The quantitative estimate of drug-likeness (QED) is 0.169. The summed E-state index contributed by atoms with van der Waals surface area (Å²) in [6, 6.07) is 29.9. The molecule has 4 aromatic rings. The average molecular weight is 566 g/mol. The maximum atomic E-state index is 14.0. The van der Waals surface area contributed by atoms with E-state index in [-0.39, 0.29) is 18.4 Å². The minimum atomic E-state index is -0.104. The maximum absolute atomic E-state index is 14.0. The third kappa shape index (κ3) is 8.59. The van der Waals surface area contributed by atoms with Crippen LogP contribution in [0.3, 0.4) is 0 Å². The number of hydrogen-bond acceptors (Lipinski definition) is 3. The molecule has 42 heavy (non-hydrogen) atoms. The second-order valence-electron chi connectivity index (χ2n) is 11.2. The van der Waals surface area contributed by atoms with Crippen LogP contribution >= 0.6 is 0 Å². The molecule has 1 heterocycles. The van der Waals surface area contributed by atoms with Crippen molar-refractivity contribution in [3.05, 3.63) is 125 Å². The summed E-state index contributed by atoms with van der Waals surface area (Å²) >= 11 is 0. The Morgan fingerprint density at radius 2 is 1.55 bits per heavy atom. The van der Waals surface area contributed by atoms with Gasteiger partial charge in [-0.3, -0.25) is 9.59 Å². The fraction of sp³-hybridized carbons (Fsp3) is 0.333. The van der Waals surface area contributed by atoms with E-state index in [0.29, 0.717) is 37.7 Å². The number of methoxy groups -OCH3 is 1. The second-order valence-corrected chi connectivity index (χ2v) is 11.2. The summed E-state index contributed by atoms with van der Waals surface area (Å²) in [7, 11) is 1.67. The Bertz CT molecular complexity index is 1430. The summed E-state index contributed by atoms with van der Waals surface area (Å²) < 4.78 is 7.57. The molecule has 0 saturated carbocycles. The number of hydrogen-bond donors (Lipinski definition) is 0. The number of aryl methyl sites for hydroxylation is 1. The zero-order chi connectivity index (χ0) is 29.9. The van der Waals surface area contributed by atoms with Gasteiger partial charge in [-0.15, -0.1) is 0 Å². The number of benzene rings is 3. The summed E-state index contributed by atoms with van der Waals surface area (Å²) in [4.78, 5) is 31.2. The normalized spacial score (nSPS) is 11.0. The van der Waals surface area contributed by atoms with E-state index in [1.54, 1.807) is 12.0 Å². The number of ether oxygens (including phenoxy) is 1. The highest BCUT2D eigenvalue weighted by molar-refractivity contribution is 5.96. The van der Waals surface area contributed by atoms with Gasteiger partial charge in [0.2, 0.25) is 5.91 Å². The smallest absolute Gasteiger partial charge is 0.254 e. The molecule has 220 valence electrons. The highest BCUT2D eigenvalue weighted by atomic mass is 16.5. The molecular formula is C36H43N3O3. The van der Waals surface area contributed by atoms with E-state index in [0.717, 1.165) is 35.4 Å². The van der Waals surface area contributed by atoms with Crippen molar-refractivity contribution >= 4 is 11.8 Å². The van der Waals surface area contributed by atoms with Crippen molar-refractivity contribution in [2.45, 2.75) is 53.2 Å². The van der Waals surface area contributed by atoms with E-state index in [1.165, 1.54) is 5.56 Å². The van der Waals surface area contributed by atoms with Crippen LogP contribution in [0.2, 0.25) is 0 Å². The molecule has 0 radical (unpaired) electrons. The lowest BCUT2D eigenvalue weighted by atomic mass is 10.1. The molecule has 6 nitrogen and oxygen atoms in total. The van der Waals surface area contributed by atoms with Crippen molar-refractivity contribution in [3.8, 4) is 5.75 Å². The average Bonchev–Trinajstić information content (AvgIpc) is 3.45. The molecular weight excluding hydrogens is 522 g/mol. The number of amides is 2. The Morgan fingerprint density at radius 1 is 0.810 bits per heavy atom. The molecule has 6 heteroatoms. The molecule has 2 amide bonds. The van der Waals surface area contributed by atoms with Crippen LogP contribution in [0.5, 0.6) is 5.75 Å². The minimum Gasteiger partial charge on any atom is -0.497 e. The van der Waals surface area contributed by atoms with Gasteiger partial charge in [-0.25, -0.2) is 0 Å². The van der Waals surface area contributed by atoms with Crippen LogP contribution in [-0.2, 0) is 30.8 Å². The number of carbonyl (C=O) groups is 2. The maximum Gasteiger partial charge on any atom is 0.254 e. The van der Waals surface area contributed by atoms with E-state index in [4.69, 9.17) is 4.74 Å². The predicted octanol–water partition coefficient (Wildman–Crippen LogP) is 6.82. The highest BCUT2D eigenvalue weighted by Crippen LogP contribution is 2.18. The van der Waals surface area contributed by atoms with Crippen LogP contribution in [0.25, 0.3) is 0 Å².